The molecular formula is C26H22N4O2S3. The van der Waals surface area contributed by atoms with Crippen molar-refractivity contribution in [3.05, 3.63) is 67.1 Å². The molecular weight excluding hydrogens is 497 g/mol. The van der Waals surface area contributed by atoms with Crippen LogP contribution in [0.2, 0.25) is 0 Å². The number of nitrogens with one attached hydrogen (secondary N) is 1. The highest BCUT2D eigenvalue weighted by Crippen LogP contribution is 2.39. The molecule has 35 heavy (non-hydrogen) atoms. The lowest BCUT2D eigenvalue weighted by atomic mass is 9.97. The molecule has 0 saturated heterocycles. The molecule has 0 spiro atoms. The maximum absolute atomic E-state index is 13.8. The first-order valence-electron chi connectivity index (χ1n) is 11.7. The van der Waals surface area contributed by atoms with Crippen molar-refractivity contribution in [1.82, 2.24) is 9.55 Å². The van der Waals surface area contributed by atoms with Crippen molar-refractivity contribution in [3.63, 3.8) is 0 Å². The van der Waals surface area contributed by atoms with Gasteiger partial charge in [-0.15, -0.1) is 22.7 Å². The van der Waals surface area contributed by atoms with Gasteiger partial charge in [-0.05, 0) is 68.2 Å². The number of rotatable bonds is 5. The number of para-hydroxylation sites is 1. The maximum atomic E-state index is 13.8. The molecule has 2 aliphatic carbocycles. The van der Waals surface area contributed by atoms with Crippen molar-refractivity contribution in [3.8, 4) is 11.8 Å². The molecule has 0 fully saturated rings. The van der Waals surface area contributed by atoms with Gasteiger partial charge >= 0.3 is 0 Å². The van der Waals surface area contributed by atoms with Crippen LogP contribution < -0.4 is 10.9 Å². The normalized spacial score (nSPS) is 14.5. The number of carbonyl (C=O) groups is 1. The van der Waals surface area contributed by atoms with Crippen molar-refractivity contribution in [1.29, 1.82) is 5.26 Å². The summed E-state index contributed by atoms with van der Waals surface area (Å²) >= 11 is 4.38. The average Bonchev–Trinajstić information content (AvgIpc) is 3.55. The Kier molecular flexibility index (Phi) is 5.96. The number of aromatic nitrogens is 2. The molecule has 9 heteroatoms. The fraction of sp³-hybridized carbons (Fsp3) is 0.308. The SMILES string of the molecule is N#Cc1c(NC(=O)CSc2nc3sc4c(c3c(=O)n2-c2ccccc2)CCCC4)sc2c1CCC2. The summed E-state index contributed by atoms with van der Waals surface area (Å²) in [6.07, 6.45) is 7.09. The summed E-state index contributed by atoms with van der Waals surface area (Å²) in [6.45, 7) is 0. The van der Waals surface area contributed by atoms with Crippen LogP contribution in [0.1, 0.15) is 45.7 Å². The molecule has 4 aromatic rings. The van der Waals surface area contributed by atoms with E-state index in [4.69, 9.17) is 4.98 Å². The third kappa shape index (κ3) is 3.99. The van der Waals surface area contributed by atoms with E-state index in [9.17, 15) is 14.9 Å². The van der Waals surface area contributed by atoms with Crippen molar-refractivity contribution >= 4 is 55.6 Å². The Bertz CT molecular complexity index is 1560. The number of hydrogen-bond acceptors (Lipinski definition) is 7. The molecule has 0 unspecified atom stereocenters. The quantitative estimate of drug-likeness (QED) is 0.279. The molecule has 3 heterocycles. The molecule has 0 atom stereocenters. The third-order valence-electron chi connectivity index (χ3n) is 6.59. The molecule has 6 nitrogen and oxygen atoms in total. The lowest BCUT2D eigenvalue weighted by Gasteiger charge is -2.13. The van der Waals surface area contributed by atoms with Crippen molar-refractivity contribution < 1.29 is 4.79 Å². The highest BCUT2D eigenvalue weighted by Gasteiger charge is 2.25. The average molecular weight is 519 g/mol. The summed E-state index contributed by atoms with van der Waals surface area (Å²) in [4.78, 5) is 34.8. The Morgan fingerprint density at radius 2 is 1.80 bits per heavy atom. The minimum absolute atomic E-state index is 0.0649. The van der Waals surface area contributed by atoms with E-state index in [1.807, 2.05) is 30.3 Å². The molecule has 0 aliphatic heterocycles. The van der Waals surface area contributed by atoms with Gasteiger partial charge in [-0.1, -0.05) is 30.0 Å². The van der Waals surface area contributed by atoms with E-state index in [2.05, 4.69) is 11.4 Å². The molecule has 1 aromatic carbocycles. The number of anilines is 1. The first kappa shape index (κ1) is 22.5. The van der Waals surface area contributed by atoms with Gasteiger partial charge in [0.1, 0.15) is 15.9 Å². The lowest BCUT2D eigenvalue weighted by molar-refractivity contribution is -0.113. The van der Waals surface area contributed by atoms with Crippen LogP contribution in [0.3, 0.4) is 0 Å². The lowest BCUT2D eigenvalue weighted by Crippen LogP contribution is -2.23. The van der Waals surface area contributed by atoms with E-state index in [-0.39, 0.29) is 17.2 Å². The molecule has 176 valence electrons. The standard InChI is InChI=1S/C26H22N4O2S3/c27-13-18-16-10-6-12-19(16)34-23(18)28-21(31)14-33-26-29-24-22(17-9-4-5-11-20(17)35-24)25(32)30(26)15-7-2-1-3-8-15/h1-3,7-8H,4-6,9-12,14H2,(H,28,31). The fourth-order valence-corrected chi connectivity index (χ4v) is 8.36. The number of hydrogen-bond donors (Lipinski definition) is 1. The molecule has 6 rings (SSSR count). The Balaban J connectivity index is 1.33. The van der Waals surface area contributed by atoms with E-state index in [1.165, 1.54) is 32.9 Å². The van der Waals surface area contributed by atoms with Crippen LogP contribution >= 0.6 is 34.4 Å². The number of fused-ring (bicyclic) bond motifs is 4. The zero-order valence-electron chi connectivity index (χ0n) is 18.9. The Morgan fingerprint density at radius 1 is 1.06 bits per heavy atom. The monoisotopic (exact) mass is 518 g/mol. The van der Waals surface area contributed by atoms with E-state index < -0.39 is 0 Å². The molecule has 1 amide bonds. The molecule has 3 aromatic heterocycles. The number of thioether (sulfide) groups is 1. The molecule has 2 aliphatic rings. The summed E-state index contributed by atoms with van der Waals surface area (Å²) in [6, 6.07) is 11.8. The number of carbonyl (C=O) groups excluding carboxylic acids is 1. The summed E-state index contributed by atoms with van der Waals surface area (Å²) in [5.74, 6) is -0.102. The van der Waals surface area contributed by atoms with Gasteiger partial charge in [-0.2, -0.15) is 5.26 Å². The number of nitrogens with zero attached hydrogens (tertiary/aromatic N) is 3. The minimum atomic E-state index is -0.203. The van der Waals surface area contributed by atoms with E-state index in [0.29, 0.717) is 15.7 Å². The van der Waals surface area contributed by atoms with Crippen LogP contribution in [0.25, 0.3) is 15.9 Å². The highest BCUT2D eigenvalue weighted by molar-refractivity contribution is 7.99. The zero-order valence-corrected chi connectivity index (χ0v) is 21.4. The second-order valence-corrected chi connectivity index (χ2v) is 11.9. The summed E-state index contributed by atoms with van der Waals surface area (Å²) in [7, 11) is 0. The van der Waals surface area contributed by atoms with Crippen LogP contribution in [-0.2, 0) is 30.5 Å². The number of benzene rings is 1. The summed E-state index contributed by atoms with van der Waals surface area (Å²) in [5, 5.41) is 14.4. The Labute approximate surface area is 214 Å². The van der Waals surface area contributed by atoms with E-state index in [0.717, 1.165) is 72.0 Å². The molecule has 1 N–H and O–H groups in total. The number of nitriles is 1. The van der Waals surface area contributed by atoms with Crippen molar-refractivity contribution in [2.24, 2.45) is 0 Å². The minimum Gasteiger partial charge on any atom is -0.316 e. The first-order chi connectivity index (χ1) is 17.1. The third-order valence-corrected chi connectivity index (χ3v) is 9.92. The summed E-state index contributed by atoms with van der Waals surface area (Å²) < 4.78 is 1.64. The van der Waals surface area contributed by atoms with Crippen LogP contribution in [-0.4, -0.2) is 21.2 Å². The fourth-order valence-electron chi connectivity index (χ4n) is 4.99. The van der Waals surface area contributed by atoms with Crippen LogP contribution in [0.15, 0.2) is 40.3 Å². The van der Waals surface area contributed by atoms with Gasteiger partial charge in [-0.3, -0.25) is 14.2 Å². The first-order valence-corrected chi connectivity index (χ1v) is 14.4. The zero-order chi connectivity index (χ0) is 23.9. The van der Waals surface area contributed by atoms with E-state index in [1.54, 1.807) is 15.9 Å². The Morgan fingerprint density at radius 3 is 2.63 bits per heavy atom. The second-order valence-electron chi connectivity index (χ2n) is 8.77. The number of amides is 1. The van der Waals surface area contributed by atoms with Gasteiger partial charge in [0.2, 0.25) is 5.91 Å². The predicted octanol–water partition coefficient (Wildman–Crippen LogP) is 5.48. The van der Waals surface area contributed by atoms with Gasteiger partial charge in [0, 0.05) is 9.75 Å². The van der Waals surface area contributed by atoms with Gasteiger partial charge in [0.15, 0.2) is 5.16 Å². The molecule has 0 bridgehead atoms. The predicted molar refractivity (Wildman–Crippen MR) is 142 cm³/mol. The van der Waals surface area contributed by atoms with E-state index >= 15 is 0 Å². The molecule has 0 radical (unpaired) electrons. The number of aryl methyl sites for hydroxylation is 3. The largest absolute Gasteiger partial charge is 0.316 e. The van der Waals surface area contributed by atoms with Gasteiger partial charge in [0.25, 0.3) is 5.56 Å². The van der Waals surface area contributed by atoms with Crippen molar-refractivity contribution in [2.45, 2.75) is 50.1 Å². The topological polar surface area (TPSA) is 87.8 Å². The smallest absolute Gasteiger partial charge is 0.267 e. The van der Waals surface area contributed by atoms with Crippen LogP contribution in [0.4, 0.5) is 5.00 Å². The maximum Gasteiger partial charge on any atom is 0.267 e. The highest BCUT2D eigenvalue weighted by atomic mass is 32.2. The van der Waals surface area contributed by atoms with Crippen LogP contribution in [0.5, 0.6) is 0 Å². The van der Waals surface area contributed by atoms with Crippen molar-refractivity contribution in [2.75, 3.05) is 11.1 Å². The molecule has 0 saturated carbocycles. The van der Waals surface area contributed by atoms with Crippen LogP contribution in [0, 0.1) is 11.3 Å². The Hall–Kier alpha value is -2.93. The van der Waals surface area contributed by atoms with Gasteiger partial charge in [0.05, 0.1) is 22.4 Å². The second kappa shape index (κ2) is 9.26. The van der Waals surface area contributed by atoms with Gasteiger partial charge < -0.3 is 5.32 Å². The summed E-state index contributed by atoms with van der Waals surface area (Å²) in [5.41, 5.74) is 3.53. The van der Waals surface area contributed by atoms with Gasteiger partial charge in [-0.25, -0.2) is 4.98 Å². The number of thiophene rings is 2.